The molecular weight excluding hydrogens is 1830 g/mol. The first-order valence-corrected chi connectivity index (χ1v) is 49.1. The summed E-state index contributed by atoms with van der Waals surface area (Å²) in [6, 6.07) is 16.0. The molecule has 0 spiro atoms. The lowest BCUT2D eigenvalue weighted by Gasteiger charge is -2.32. The van der Waals surface area contributed by atoms with Crippen LogP contribution in [0, 0.1) is 23.3 Å². The minimum Gasteiger partial charge on any atom is -0.410 e. The van der Waals surface area contributed by atoms with Crippen molar-refractivity contribution in [3.8, 4) is 23.0 Å². The van der Waals surface area contributed by atoms with Crippen LogP contribution in [0.4, 0.5) is 36.7 Å². The van der Waals surface area contributed by atoms with Gasteiger partial charge in [0.25, 0.3) is 23.6 Å². The molecule has 1 unspecified atom stereocenters. The van der Waals surface area contributed by atoms with Crippen molar-refractivity contribution in [2.75, 3.05) is 178 Å². The summed E-state index contributed by atoms with van der Waals surface area (Å²) >= 11 is 4.92. The second-order valence-electron chi connectivity index (χ2n) is 32.4. The van der Waals surface area contributed by atoms with E-state index in [9.17, 15) is 55.9 Å². The number of rotatable bonds is 26. The molecule has 6 fully saturated rings. The van der Waals surface area contributed by atoms with Crippen molar-refractivity contribution < 1.29 is 74.9 Å². The number of amidine groups is 4. The molecular formula is C96H140F4N20O12S4. The number of hydrogen-bond acceptors (Lipinski definition) is 28. The van der Waals surface area contributed by atoms with Gasteiger partial charge in [-0.05, 0) is 302 Å². The van der Waals surface area contributed by atoms with E-state index in [1.807, 2.05) is 59.8 Å². The second kappa shape index (κ2) is 57.6. The van der Waals surface area contributed by atoms with Crippen LogP contribution in [0.3, 0.4) is 0 Å². The van der Waals surface area contributed by atoms with Gasteiger partial charge in [0.05, 0.1) is 19.6 Å². The number of amides is 8. The number of nitrogens with zero attached hydrogens (tertiary/aromatic N) is 16. The summed E-state index contributed by atoms with van der Waals surface area (Å²) in [5.74, 6) is -2.62. The van der Waals surface area contributed by atoms with Gasteiger partial charge in [-0.3, -0.25) is 44.1 Å². The Bertz CT molecular complexity index is 4930. The van der Waals surface area contributed by atoms with E-state index in [4.69, 9.17) is 18.9 Å². The van der Waals surface area contributed by atoms with Crippen molar-refractivity contribution in [2.24, 2.45) is 20.0 Å². The predicted molar refractivity (Wildman–Crippen MR) is 540 cm³/mol. The first kappa shape index (κ1) is 113. The van der Waals surface area contributed by atoms with E-state index in [0.29, 0.717) is 127 Å². The standard InChI is InChI=1S/C24H30FN5O3S.C24H34FN5O3S.C23H32FN5O3S.C21H28FN5O3S.4CH4/c25-18-6-7-20(33-24(32)29-13-8-19(16-29)28-10-3-1-4-11-28)17(14-18)15-21-22(31)27-23(34-21)30-12-5-2-9-26-30;1-4-28(5-2)13-9-14-29(6-3)24(32)33-20-11-10-19(25)16-18(20)17-21-22(31)27-23(34-21)30-15-8-7-12-26-30;1-4-27(5-2)13-14-28(6-3)23(31)32-19-10-9-18(24)15-17(19)16-20-21(30)26-22(33-20)29-12-8-7-11-25-29;1-4-26(12-11-25(2)3)21(29)30-17-8-7-16(22)13-15(17)14-18-19(28)24-20(31-18)27-10-6-5-9-23-27;;;;/h6-7,14-15,19,26H,1-5,8-13,16H2;10-11,16-17,26H,4-9,12-15H2,1-3H3;9-10,15-16,25H,4-8,11-14H2,1-3H3;7-8,13-14,23H,4-6,9-12H2,1-3H3;4*1H4/b21-15-;21-17-;20-16-;18-14-;;;;. The van der Waals surface area contributed by atoms with Crippen molar-refractivity contribution in [3.05, 3.63) is 138 Å². The summed E-state index contributed by atoms with van der Waals surface area (Å²) in [4.78, 5) is 134. The van der Waals surface area contributed by atoms with E-state index < -0.39 is 59.5 Å². The van der Waals surface area contributed by atoms with Gasteiger partial charge in [-0.1, -0.05) is 63.8 Å². The third kappa shape index (κ3) is 33.5. The number of likely N-dealkylation sites (tertiary alicyclic amines) is 2. The van der Waals surface area contributed by atoms with Gasteiger partial charge in [0.1, 0.15) is 46.3 Å². The van der Waals surface area contributed by atoms with Gasteiger partial charge in [0.15, 0.2) is 20.7 Å². The fourth-order valence-corrected chi connectivity index (χ4v) is 19.0. The number of aliphatic imine (C=N–C) groups is 4. The number of hydrogen-bond donors (Lipinski definition) is 4. The molecule has 32 nitrogen and oxygen atoms in total. The fraction of sp³-hybridized carbons (Fsp3) is 0.542. The van der Waals surface area contributed by atoms with Crippen LogP contribution in [0.5, 0.6) is 23.0 Å². The minimum absolute atomic E-state index is 0. The maximum absolute atomic E-state index is 14.1. The largest absolute Gasteiger partial charge is 0.415 e. The van der Waals surface area contributed by atoms with Crippen LogP contribution < -0.4 is 40.7 Å². The lowest BCUT2D eigenvalue weighted by atomic mass is 10.1. The van der Waals surface area contributed by atoms with Gasteiger partial charge in [-0.2, -0.15) is 20.0 Å². The molecule has 748 valence electrons. The van der Waals surface area contributed by atoms with E-state index in [0.717, 1.165) is 169 Å². The van der Waals surface area contributed by atoms with E-state index in [1.165, 1.54) is 157 Å². The van der Waals surface area contributed by atoms with Crippen molar-refractivity contribution in [1.82, 2.24) is 80.9 Å². The normalized spacial score (nSPS) is 19.0. The Labute approximate surface area is 817 Å². The van der Waals surface area contributed by atoms with Crippen molar-refractivity contribution in [2.45, 2.75) is 168 Å². The van der Waals surface area contributed by atoms with Crippen molar-refractivity contribution in [1.29, 1.82) is 0 Å². The Morgan fingerprint density at radius 1 is 0.382 bits per heavy atom. The zero-order valence-corrected chi connectivity index (χ0v) is 80.2. The van der Waals surface area contributed by atoms with Gasteiger partial charge in [0.2, 0.25) is 0 Å². The molecule has 8 amide bonds. The van der Waals surface area contributed by atoms with Crippen molar-refractivity contribution >= 4 is 140 Å². The molecule has 136 heavy (non-hydrogen) atoms. The number of hydrazine groups is 4. The Morgan fingerprint density at radius 2 is 0.684 bits per heavy atom. The van der Waals surface area contributed by atoms with Crippen LogP contribution in [0.2, 0.25) is 0 Å². The van der Waals surface area contributed by atoms with E-state index in [2.05, 4.69) is 84.1 Å². The zero-order chi connectivity index (χ0) is 94.2. The molecule has 6 saturated heterocycles. The van der Waals surface area contributed by atoms with Crippen LogP contribution in [0.1, 0.15) is 184 Å². The Balaban J connectivity index is 0.000000245. The number of carbonyl (C=O) groups is 8. The fourth-order valence-electron chi connectivity index (χ4n) is 15.3. The molecule has 0 radical (unpaired) electrons. The van der Waals surface area contributed by atoms with Gasteiger partial charge < -0.3 is 53.2 Å². The van der Waals surface area contributed by atoms with E-state index in [-0.39, 0.29) is 64.5 Å². The highest BCUT2D eigenvalue weighted by Gasteiger charge is 2.36. The average Bonchev–Trinajstić information content (AvgIpc) is 1.66. The van der Waals surface area contributed by atoms with Crippen LogP contribution >= 0.6 is 47.0 Å². The van der Waals surface area contributed by atoms with Gasteiger partial charge in [-0.15, -0.1) is 0 Å². The molecule has 0 saturated carbocycles. The third-order valence-electron chi connectivity index (χ3n) is 23.1. The van der Waals surface area contributed by atoms with Crippen LogP contribution in [0.25, 0.3) is 24.3 Å². The number of carbonyl (C=O) groups excluding carboxylic acids is 8. The number of benzene rings is 4. The SMILES string of the molecule is C.C.C.C.CCN(CC)CCCN(CC)C(=O)Oc1ccc(F)cc1/C=C1\SC(N2CCCCN2)=NC1=O.CCN(CC)CCN(CC)C(=O)Oc1ccc(F)cc1/C=C1\SC(N2CCCCN2)=NC1=O.CCN(CCN(C)C)C(=O)Oc1ccc(F)cc1/C=C1\SC(N2CCCCN2)=NC1=O.O=C1N=C(N2CCCCN2)S/C1=C\c1cc(F)ccc1OC(=O)N1CCC(N2CCCCC2)C1. The number of likely N-dealkylation sites (N-methyl/N-ethyl adjacent to an activating group) is 4. The van der Waals surface area contributed by atoms with Crippen LogP contribution in [0.15, 0.2) is 112 Å². The summed E-state index contributed by atoms with van der Waals surface area (Å²) in [5, 5.41) is 9.81. The molecule has 1 atom stereocenters. The molecule has 14 rings (SSSR count). The molecule has 10 heterocycles. The Kier molecular flexibility index (Phi) is 48.0. The molecule has 10 aliphatic heterocycles. The quantitative estimate of drug-likeness (QED) is 0.0335. The van der Waals surface area contributed by atoms with Gasteiger partial charge >= 0.3 is 24.4 Å². The number of ether oxygens (including phenoxy) is 4. The molecule has 0 aliphatic carbocycles. The Morgan fingerprint density at radius 3 is 0.985 bits per heavy atom. The maximum Gasteiger partial charge on any atom is 0.415 e. The first-order chi connectivity index (χ1) is 63.8. The zero-order valence-electron chi connectivity index (χ0n) is 76.9. The van der Waals surface area contributed by atoms with Crippen LogP contribution in [-0.2, 0) is 19.2 Å². The minimum atomic E-state index is -0.518. The molecule has 40 heteroatoms. The van der Waals surface area contributed by atoms with Crippen LogP contribution in [-0.4, -0.2) is 312 Å². The highest BCUT2D eigenvalue weighted by molar-refractivity contribution is 8.19. The number of piperidine rings is 1. The topological polar surface area (TPSA) is 310 Å². The third-order valence-corrected chi connectivity index (χ3v) is 27.1. The first-order valence-electron chi connectivity index (χ1n) is 45.9. The summed E-state index contributed by atoms with van der Waals surface area (Å²) < 4.78 is 78.5. The molecule has 10 aliphatic rings. The average molecular weight is 1970 g/mol. The summed E-state index contributed by atoms with van der Waals surface area (Å²) in [6.07, 6.45) is 18.1. The highest BCUT2D eigenvalue weighted by Crippen LogP contribution is 2.39. The number of nitrogens with one attached hydrogen (secondary N) is 4. The van der Waals surface area contributed by atoms with E-state index >= 15 is 0 Å². The summed E-state index contributed by atoms with van der Waals surface area (Å²) in [5.41, 5.74) is 14.2. The number of thioether (sulfide) groups is 4. The number of halogens is 4. The smallest absolute Gasteiger partial charge is 0.410 e. The molecule has 4 N–H and O–H groups in total. The summed E-state index contributed by atoms with van der Waals surface area (Å²) in [7, 11) is 3.85. The lowest BCUT2D eigenvalue weighted by molar-refractivity contribution is -0.114. The molecule has 0 aromatic heterocycles. The molecule has 0 bridgehead atoms. The van der Waals surface area contributed by atoms with E-state index in [1.54, 1.807) is 25.7 Å². The van der Waals surface area contributed by atoms with Crippen molar-refractivity contribution in [3.63, 3.8) is 0 Å². The van der Waals surface area contributed by atoms with Gasteiger partial charge in [-0.25, -0.2) is 58.4 Å². The maximum atomic E-state index is 14.1. The molecule has 4 aromatic rings. The molecule has 4 aromatic carbocycles. The predicted octanol–water partition coefficient (Wildman–Crippen LogP) is 16.3. The Hall–Kier alpha value is -9.72. The van der Waals surface area contributed by atoms with Gasteiger partial charge in [0, 0.05) is 146 Å². The highest BCUT2D eigenvalue weighted by atomic mass is 32.2. The summed E-state index contributed by atoms with van der Waals surface area (Å²) in [6.45, 7) is 33.1. The monoisotopic (exact) mass is 1970 g/mol. The second-order valence-corrected chi connectivity index (χ2v) is 36.5. The lowest BCUT2D eigenvalue weighted by Crippen LogP contribution is -2.45.